The van der Waals surface area contributed by atoms with Crippen LogP contribution >= 0.6 is 11.3 Å². The van der Waals surface area contributed by atoms with Gasteiger partial charge in [-0.05, 0) is 40.2 Å². The van der Waals surface area contributed by atoms with Gasteiger partial charge in [-0.25, -0.2) is 15.2 Å². The van der Waals surface area contributed by atoms with E-state index < -0.39 is 17.6 Å². The van der Waals surface area contributed by atoms with Crippen molar-refractivity contribution in [3.63, 3.8) is 0 Å². The molecule has 0 radical (unpaired) electrons. The number of hydrazine groups is 1. The fourth-order valence-electron chi connectivity index (χ4n) is 2.00. The van der Waals surface area contributed by atoms with Crippen LogP contribution in [0.4, 0.5) is 4.79 Å². The Hall–Kier alpha value is -2.42. The van der Waals surface area contributed by atoms with Crippen LogP contribution in [0.15, 0.2) is 11.1 Å². The van der Waals surface area contributed by atoms with Crippen LogP contribution in [0, 0.1) is 13.8 Å². The summed E-state index contributed by atoms with van der Waals surface area (Å²) < 4.78 is 6.20. The third-order valence-corrected chi connectivity index (χ3v) is 4.29. The Bertz CT molecular complexity index is 848. The lowest BCUT2D eigenvalue weighted by molar-refractivity contribution is -0.122. The second kappa shape index (κ2) is 6.60. The predicted octanol–water partition coefficient (Wildman–Crippen LogP) is 1.63. The molecule has 0 atom stereocenters. The Morgan fingerprint density at radius 1 is 1.29 bits per heavy atom. The summed E-state index contributed by atoms with van der Waals surface area (Å²) in [5.74, 6) is -0.561. The van der Waals surface area contributed by atoms with Gasteiger partial charge in [0.2, 0.25) is 0 Å². The summed E-state index contributed by atoms with van der Waals surface area (Å²) in [5.41, 5.74) is 4.25. The van der Waals surface area contributed by atoms with Crippen LogP contribution in [0.2, 0.25) is 0 Å². The second-order valence-corrected chi connectivity index (χ2v) is 7.52. The lowest BCUT2D eigenvalue weighted by Gasteiger charge is -2.19. The summed E-state index contributed by atoms with van der Waals surface area (Å²) in [7, 11) is 0. The van der Waals surface area contributed by atoms with Crippen LogP contribution in [-0.4, -0.2) is 27.2 Å². The van der Waals surface area contributed by atoms with Crippen LogP contribution in [0.5, 0.6) is 0 Å². The summed E-state index contributed by atoms with van der Waals surface area (Å²) in [5, 5.41) is 0.521. The van der Waals surface area contributed by atoms with Crippen molar-refractivity contribution in [3.05, 3.63) is 27.1 Å². The molecule has 2 aromatic rings. The van der Waals surface area contributed by atoms with Crippen molar-refractivity contribution in [2.24, 2.45) is 0 Å². The molecular weight excluding hydrogens is 332 g/mol. The van der Waals surface area contributed by atoms with Crippen LogP contribution in [0.25, 0.3) is 10.2 Å². The van der Waals surface area contributed by atoms with Crippen LogP contribution in [-0.2, 0) is 16.1 Å². The quantitative estimate of drug-likeness (QED) is 0.800. The number of carbonyl (C=O) groups is 2. The van der Waals surface area contributed by atoms with Gasteiger partial charge < -0.3 is 4.74 Å². The van der Waals surface area contributed by atoms with Gasteiger partial charge in [-0.2, -0.15) is 0 Å². The molecule has 24 heavy (non-hydrogen) atoms. The summed E-state index contributed by atoms with van der Waals surface area (Å²) in [6.07, 6.45) is 0.550. The maximum absolute atomic E-state index is 12.5. The monoisotopic (exact) mass is 352 g/mol. The first-order chi connectivity index (χ1) is 11.1. The number of amides is 2. The van der Waals surface area contributed by atoms with Gasteiger partial charge in [0.25, 0.3) is 11.5 Å². The number of carbonyl (C=O) groups excluding carboxylic acids is 2. The largest absolute Gasteiger partial charge is 0.443 e. The molecule has 0 aliphatic rings. The topological polar surface area (TPSA) is 102 Å². The van der Waals surface area contributed by atoms with Gasteiger partial charge in [0, 0.05) is 4.88 Å². The van der Waals surface area contributed by atoms with E-state index in [1.807, 2.05) is 13.8 Å². The highest BCUT2D eigenvalue weighted by atomic mass is 32.1. The number of hydrogen-bond donors (Lipinski definition) is 2. The number of nitrogens with zero attached hydrogens (tertiary/aromatic N) is 2. The Labute approximate surface area is 142 Å². The van der Waals surface area contributed by atoms with E-state index in [1.54, 1.807) is 20.8 Å². The SMILES string of the molecule is Cc1sc2ncn(CC(=O)NNC(=O)OC(C)(C)C)c(=O)c2c1C. The third-order valence-electron chi connectivity index (χ3n) is 3.17. The fraction of sp³-hybridized carbons (Fsp3) is 0.467. The fourth-order valence-corrected chi connectivity index (χ4v) is 2.99. The molecule has 2 N–H and O–H groups in total. The van der Waals surface area contributed by atoms with Gasteiger partial charge in [-0.1, -0.05) is 0 Å². The maximum atomic E-state index is 12.5. The number of ether oxygens (including phenoxy) is 1. The molecule has 0 bridgehead atoms. The third kappa shape index (κ3) is 4.10. The van der Waals surface area contributed by atoms with Gasteiger partial charge in [-0.3, -0.25) is 19.6 Å². The van der Waals surface area contributed by atoms with E-state index in [-0.39, 0.29) is 12.1 Å². The smallest absolute Gasteiger partial charge is 0.426 e. The molecule has 0 aromatic carbocycles. The standard InChI is InChI=1S/C15H20N4O4S/c1-8-9(2)24-12-11(8)13(21)19(7-16-12)6-10(20)17-18-14(22)23-15(3,4)5/h7H,6H2,1-5H3,(H,17,20)(H,18,22). The minimum Gasteiger partial charge on any atom is -0.443 e. The molecule has 2 aromatic heterocycles. The molecule has 130 valence electrons. The molecule has 2 amide bonds. The van der Waals surface area contributed by atoms with Gasteiger partial charge in [0.1, 0.15) is 17.0 Å². The molecule has 0 unspecified atom stereocenters. The molecule has 0 aliphatic heterocycles. The zero-order valence-electron chi connectivity index (χ0n) is 14.2. The molecule has 0 fully saturated rings. The average molecular weight is 352 g/mol. The van der Waals surface area contributed by atoms with Gasteiger partial charge >= 0.3 is 6.09 Å². The predicted molar refractivity (Wildman–Crippen MR) is 90.9 cm³/mol. The molecule has 0 spiro atoms. The minimum absolute atomic E-state index is 0.258. The van der Waals surface area contributed by atoms with Crippen molar-refractivity contribution in [2.45, 2.75) is 46.8 Å². The van der Waals surface area contributed by atoms with Crippen molar-refractivity contribution >= 4 is 33.6 Å². The van der Waals surface area contributed by atoms with Gasteiger partial charge in [0.15, 0.2) is 0 Å². The number of hydrogen-bond acceptors (Lipinski definition) is 6. The number of aromatic nitrogens is 2. The number of thiophene rings is 1. The van der Waals surface area contributed by atoms with E-state index in [1.165, 1.54) is 22.2 Å². The molecule has 2 rings (SSSR count). The average Bonchev–Trinajstić information content (AvgIpc) is 2.74. The van der Waals surface area contributed by atoms with Crippen molar-refractivity contribution in [1.29, 1.82) is 0 Å². The van der Waals surface area contributed by atoms with Crippen LogP contribution in [0.1, 0.15) is 31.2 Å². The van der Waals surface area contributed by atoms with Gasteiger partial charge in [0.05, 0.1) is 11.7 Å². The highest BCUT2D eigenvalue weighted by molar-refractivity contribution is 7.18. The number of nitrogens with one attached hydrogen (secondary N) is 2. The highest BCUT2D eigenvalue weighted by Gasteiger charge is 2.17. The van der Waals surface area contributed by atoms with Crippen molar-refractivity contribution in [3.8, 4) is 0 Å². The number of rotatable bonds is 2. The number of aryl methyl sites for hydroxylation is 2. The zero-order valence-corrected chi connectivity index (χ0v) is 15.0. The lowest BCUT2D eigenvalue weighted by atomic mass is 10.2. The molecule has 0 saturated heterocycles. The Morgan fingerprint density at radius 3 is 2.58 bits per heavy atom. The van der Waals surface area contributed by atoms with E-state index in [2.05, 4.69) is 15.8 Å². The van der Waals surface area contributed by atoms with Crippen LogP contribution in [0.3, 0.4) is 0 Å². The molecule has 0 aliphatic carbocycles. The summed E-state index contributed by atoms with van der Waals surface area (Å²) in [4.78, 5) is 41.7. The Morgan fingerprint density at radius 2 is 1.96 bits per heavy atom. The lowest BCUT2D eigenvalue weighted by Crippen LogP contribution is -2.46. The first kappa shape index (κ1) is 17.9. The van der Waals surface area contributed by atoms with Crippen molar-refractivity contribution in [2.75, 3.05) is 0 Å². The molecule has 0 saturated carbocycles. The first-order valence-electron chi connectivity index (χ1n) is 7.31. The first-order valence-corrected chi connectivity index (χ1v) is 8.13. The molecular formula is C15H20N4O4S. The molecule has 8 nitrogen and oxygen atoms in total. The minimum atomic E-state index is -0.777. The van der Waals surface area contributed by atoms with E-state index in [9.17, 15) is 14.4 Å². The van der Waals surface area contributed by atoms with E-state index in [0.717, 1.165) is 10.4 Å². The number of fused-ring (bicyclic) bond motifs is 1. The summed E-state index contributed by atoms with van der Waals surface area (Å²) in [6, 6.07) is 0. The van der Waals surface area contributed by atoms with E-state index >= 15 is 0 Å². The van der Waals surface area contributed by atoms with Crippen LogP contribution < -0.4 is 16.4 Å². The maximum Gasteiger partial charge on any atom is 0.426 e. The molecule has 2 heterocycles. The van der Waals surface area contributed by atoms with Crippen molar-refractivity contribution in [1.82, 2.24) is 20.4 Å². The second-order valence-electron chi connectivity index (χ2n) is 6.32. The zero-order chi connectivity index (χ0) is 18.1. The van der Waals surface area contributed by atoms with Gasteiger partial charge in [-0.15, -0.1) is 11.3 Å². The highest BCUT2D eigenvalue weighted by Crippen LogP contribution is 2.25. The normalized spacial score (nSPS) is 11.4. The van der Waals surface area contributed by atoms with E-state index in [0.29, 0.717) is 10.2 Å². The summed E-state index contributed by atoms with van der Waals surface area (Å²) in [6.45, 7) is 8.64. The molecule has 9 heteroatoms. The summed E-state index contributed by atoms with van der Waals surface area (Å²) >= 11 is 1.44. The Kier molecular flexibility index (Phi) is 4.93. The van der Waals surface area contributed by atoms with E-state index in [4.69, 9.17) is 4.74 Å². The van der Waals surface area contributed by atoms with Crippen molar-refractivity contribution < 1.29 is 14.3 Å². The Balaban J connectivity index is 2.06.